The van der Waals surface area contributed by atoms with Crippen LogP contribution in [0.5, 0.6) is 0 Å². The molecule has 1 aromatic carbocycles. The number of carboxylic acid groups (broad SMARTS) is 1. The van der Waals surface area contributed by atoms with E-state index in [2.05, 4.69) is 22.2 Å². The lowest BCUT2D eigenvalue weighted by Gasteiger charge is -2.20. The maximum Gasteiger partial charge on any atom is 0.310 e. The van der Waals surface area contributed by atoms with Crippen LogP contribution in [0.3, 0.4) is 0 Å². The quantitative estimate of drug-likeness (QED) is 0.495. The predicted molar refractivity (Wildman–Crippen MR) is 111 cm³/mol. The molecule has 7 nitrogen and oxygen atoms in total. The number of aliphatic hydroxyl groups excluding tert-OH is 1. The van der Waals surface area contributed by atoms with E-state index in [1.54, 1.807) is 6.92 Å². The van der Waals surface area contributed by atoms with Crippen molar-refractivity contribution in [3.63, 3.8) is 0 Å². The van der Waals surface area contributed by atoms with E-state index in [1.807, 2.05) is 31.2 Å². The number of carbonyl (C=O) groups is 1. The minimum absolute atomic E-state index is 0.0180. The van der Waals surface area contributed by atoms with Gasteiger partial charge in [0.05, 0.1) is 18.6 Å². The summed E-state index contributed by atoms with van der Waals surface area (Å²) in [6.45, 7) is 5.69. The number of rotatable bonds is 10. The molecular weight excluding hydrogens is 356 g/mol. The molecule has 28 heavy (non-hydrogen) atoms. The number of nitrogens with zero attached hydrogens (tertiary/aromatic N) is 2. The second-order valence-electron chi connectivity index (χ2n) is 7.14. The molecule has 0 bridgehead atoms. The Morgan fingerprint density at radius 3 is 2.50 bits per heavy atom. The van der Waals surface area contributed by atoms with Crippen LogP contribution in [0.1, 0.15) is 61.4 Å². The number of anilines is 2. The zero-order chi connectivity index (χ0) is 20.7. The maximum atomic E-state index is 11.1. The van der Waals surface area contributed by atoms with Crippen molar-refractivity contribution in [2.45, 2.75) is 58.4 Å². The molecule has 2 aromatic rings. The number of aliphatic hydroxyl groups is 1. The third-order valence-corrected chi connectivity index (χ3v) is 4.93. The van der Waals surface area contributed by atoms with Gasteiger partial charge in [0, 0.05) is 17.7 Å². The second kappa shape index (κ2) is 10.0. The van der Waals surface area contributed by atoms with Crippen LogP contribution in [0.25, 0.3) is 0 Å². The van der Waals surface area contributed by atoms with E-state index in [-0.39, 0.29) is 18.6 Å². The topological polar surface area (TPSA) is 121 Å². The van der Waals surface area contributed by atoms with Gasteiger partial charge >= 0.3 is 5.97 Å². The van der Waals surface area contributed by atoms with Crippen LogP contribution in [0.2, 0.25) is 0 Å². The molecule has 0 aliphatic rings. The molecule has 0 aliphatic carbocycles. The molecule has 7 heteroatoms. The van der Waals surface area contributed by atoms with Gasteiger partial charge in [-0.25, -0.2) is 4.98 Å². The summed E-state index contributed by atoms with van der Waals surface area (Å²) in [5.74, 6) is -0.550. The predicted octanol–water partition coefficient (Wildman–Crippen LogP) is 3.11. The first-order valence-electron chi connectivity index (χ1n) is 9.67. The van der Waals surface area contributed by atoms with E-state index in [9.17, 15) is 9.90 Å². The van der Waals surface area contributed by atoms with Crippen LogP contribution in [0, 0.1) is 6.92 Å². The highest BCUT2D eigenvalue weighted by atomic mass is 16.4. The summed E-state index contributed by atoms with van der Waals surface area (Å²) in [5.41, 5.74) is 9.33. The fourth-order valence-corrected chi connectivity index (χ4v) is 3.07. The highest BCUT2D eigenvalue weighted by Gasteiger charge is 2.17. The van der Waals surface area contributed by atoms with Crippen molar-refractivity contribution in [2.24, 2.45) is 0 Å². The van der Waals surface area contributed by atoms with E-state index in [0.717, 1.165) is 41.6 Å². The lowest BCUT2D eigenvalue weighted by atomic mass is 9.97. The molecule has 0 fully saturated rings. The molecular formula is C21H30N4O3. The average Bonchev–Trinajstić information content (AvgIpc) is 2.67. The van der Waals surface area contributed by atoms with Crippen molar-refractivity contribution >= 4 is 17.7 Å². The number of carboxylic acids is 1. The van der Waals surface area contributed by atoms with Crippen molar-refractivity contribution in [3.05, 3.63) is 46.6 Å². The highest BCUT2D eigenvalue weighted by molar-refractivity contribution is 5.75. The van der Waals surface area contributed by atoms with Gasteiger partial charge < -0.3 is 21.3 Å². The summed E-state index contributed by atoms with van der Waals surface area (Å²) in [5, 5.41) is 22.1. The minimum atomic E-state index is -0.843. The van der Waals surface area contributed by atoms with Gasteiger partial charge in [-0.2, -0.15) is 4.98 Å². The molecule has 2 unspecified atom stereocenters. The number of hydrogen-bond acceptors (Lipinski definition) is 6. The van der Waals surface area contributed by atoms with Gasteiger partial charge in [-0.1, -0.05) is 44.0 Å². The molecule has 2 rings (SSSR count). The minimum Gasteiger partial charge on any atom is -0.481 e. The summed E-state index contributed by atoms with van der Waals surface area (Å²) in [6, 6.07) is 7.44. The number of nitrogens with one attached hydrogen (secondary N) is 1. The summed E-state index contributed by atoms with van der Waals surface area (Å²) < 4.78 is 0. The van der Waals surface area contributed by atoms with Crippen LogP contribution in [-0.2, 0) is 11.2 Å². The maximum absolute atomic E-state index is 11.1. The van der Waals surface area contributed by atoms with Crippen LogP contribution in [0.15, 0.2) is 24.3 Å². The van der Waals surface area contributed by atoms with Crippen LogP contribution < -0.4 is 11.1 Å². The van der Waals surface area contributed by atoms with Gasteiger partial charge in [0.2, 0.25) is 5.95 Å². The Balaban J connectivity index is 2.26. The average molecular weight is 386 g/mol. The third kappa shape index (κ3) is 5.66. The van der Waals surface area contributed by atoms with Crippen LogP contribution in [0.4, 0.5) is 11.8 Å². The van der Waals surface area contributed by atoms with Crippen molar-refractivity contribution in [1.82, 2.24) is 9.97 Å². The number of nitrogen functional groups attached to an aromatic ring is 1. The Bertz CT molecular complexity index is 793. The van der Waals surface area contributed by atoms with Gasteiger partial charge in [-0.15, -0.1) is 0 Å². The molecule has 1 aromatic heterocycles. The number of hydrogen-bond donors (Lipinski definition) is 4. The number of nitrogens with two attached hydrogens (primary N) is 1. The molecule has 0 saturated carbocycles. The number of aliphatic carboxylic acids is 1. The SMILES string of the molecule is CCCCC(CO)Nc1nc(N)nc(C)c1Cc1ccc(C(C)C(=O)O)cc1. The third-order valence-electron chi connectivity index (χ3n) is 4.93. The van der Waals surface area contributed by atoms with Gasteiger partial charge in [0.25, 0.3) is 0 Å². The lowest BCUT2D eigenvalue weighted by molar-refractivity contribution is -0.138. The van der Waals surface area contributed by atoms with Gasteiger partial charge in [0.1, 0.15) is 5.82 Å². The van der Waals surface area contributed by atoms with E-state index in [0.29, 0.717) is 12.2 Å². The number of unbranched alkanes of at least 4 members (excludes halogenated alkanes) is 1. The fourth-order valence-electron chi connectivity index (χ4n) is 3.07. The summed E-state index contributed by atoms with van der Waals surface area (Å²) in [6.07, 6.45) is 3.49. The molecule has 2 atom stereocenters. The second-order valence-corrected chi connectivity index (χ2v) is 7.14. The molecule has 152 valence electrons. The molecule has 0 aliphatic heterocycles. The zero-order valence-corrected chi connectivity index (χ0v) is 16.8. The Hall–Kier alpha value is -2.67. The van der Waals surface area contributed by atoms with Gasteiger partial charge in [-0.3, -0.25) is 4.79 Å². The Kier molecular flexibility index (Phi) is 7.75. The lowest BCUT2D eigenvalue weighted by Crippen LogP contribution is -2.25. The smallest absolute Gasteiger partial charge is 0.310 e. The Morgan fingerprint density at radius 1 is 1.25 bits per heavy atom. The zero-order valence-electron chi connectivity index (χ0n) is 16.8. The molecule has 1 heterocycles. The molecule has 0 saturated heterocycles. The first kappa shape index (κ1) is 21.6. The summed E-state index contributed by atoms with van der Waals surface area (Å²) >= 11 is 0. The van der Waals surface area contributed by atoms with Gasteiger partial charge in [0.15, 0.2) is 0 Å². The van der Waals surface area contributed by atoms with Crippen molar-refractivity contribution in [2.75, 3.05) is 17.7 Å². The fraction of sp³-hybridized carbons (Fsp3) is 0.476. The number of aromatic nitrogens is 2. The van der Waals surface area contributed by atoms with E-state index < -0.39 is 11.9 Å². The summed E-state index contributed by atoms with van der Waals surface area (Å²) in [7, 11) is 0. The summed E-state index contributed by atoms with van der Waals surface area (Å²) in [4.78, 5) is 19.8. The first-order valence-corrected chi connectivity index (χ1v) is 9.67. The van der Waals surface area contributed by atoms with Crippen molar-refractivity contribution < 1.29 is 15.0 Å². The Labute approximate surface area is 166 Å². The van der Waals surface area contributed by atoms with Crippen molar-refractivity contribution in [1.29, 1.82) is 0 Å². The molecule has 5 N–H and O–H groups in total. The van der Waals surface area contributed by atoms with Gasteiger partial charge in [-0.05, 0) is 31.4 Å². The van der Waals surface area contributed by atoms with Crippen LogP contribution >= 0.6 is 0 Å². The number of benzene rings is 1. The van der Waals surface area contributed by atoms with E-state index in [4.69, 9.17) is 10.8 Å². The molecule has 0 spiro atoms. The normalized spacial score (nSPS) is 13.1. The largest absolute Gasteiger partial charge is 0.481 e. The van der Waals surface area contributed by atoms with Crippen molar-refractivity contribution in [3.8, 4) is 0 Å². The first-order chi connectivity index (χ1) is 13.3. The highest BCUT2D eigenvalue weighted by Crippen LogP contribution is 2.24. The monoisotopic (exact) mass is 386 g/mol. The van der Waals surface area contributed by atoms with E-state index in [1.165, 1.54) is 0 Å². The Morgan fingerprint density at radius 2 is 1.93 bits per heavy atom. The van der Waals surface area contributed by atoms with E-state index >= 15 is 0 Å². The molecule has 0 amide bonds. The van der Waals surface area contributed by atoms with Crippen LogP contribution in [-0.4, -0.2) is 38.8 Å². The standard InChI is InChI=1S/C21H30N4O3/c1-4-5-6-17(12-26)24-19-18(14(3)23-21(22)25-19)11-15-7-9-16(10-8-15)13(2)20(27)28/h7-10,13,17,26H,4-6,11-12H2,1-3H3,(H,27,28)(H3,22,23,24,25). The number of aryl methyl sites for hydroxylation is 1. The molecule has 0 radical (unpaired) electrons.